The van der Waals surface area contributed by atoms with E-state index in [4.69, 9.17) is 14.6 Å². The number of thiophene rings is 1. The fourth-order valence-corrected chi connectivity index (χ4v) is 3.36. The molecule has 0 unspecified atom stereocenters. The Morgan fingerprint density at radius 1 is 1.28 bits per heavy atom. The predicted molar refractivity (Wildman–Crippen MR) is 67.4 cm³/mol. The smallest absolute Gasteiger partial charge is 0.345 e. The number of carbonyl (C=O) groups is 1. The van der Waals surface area contributed by atoms with Gasteiger partial charge in [0.2, 0.25) is 0 Å². The molecule has 1 aromatic rings. The summed E-state index contributed by atoms with van der Waals surface area (Å²) in [6.45, 7) is 3.06. The van der Waals surface area contributed by atoms with Gasteiger partial charge in [0, 0.05) is 25.9 Å². The van der Waals surface area contributed by atoms with Gasteiger partial charge in [-0.2, -0.15) is 0 Å². The second-order valence-electron chi connectivity index (χ2n) is 4.54. The van der Waals surface area contributed by atoms with Gasteiger partial charge in [-0.1, -0.05) is 0 Å². The molecule has 0 bridgehead atoms. The zero-order valence-electron chi connectivity index (χ0n) is 9.92. The number of aromatic carboxylic acids is 1. The number of piperidine rings is 1. The van der Waals surface area contributed by atoms with Crippen molar-refractivity contribution in [3.63, 3.8) is 0 Å². The van der Waals surface area contributed by atoms with Crippen LogP contribution in [-0.4, -0.2) is 43.2 Å². The molecule has 1 N–H and O–H groups in total. The summed E-state index contributed by atoms with van der Waals surface area (Å²) < 4.78 is 11.3. The number of hydrogen-bond donors (Lipinski definition) is 1. The van der Waals surface area contributed by atoms with Crippen molar-refractivity contribution in [3.05, 3.63) is 17.0 Å². The zero-order chi connectivity index (χ0) is 12.6. The van der Waals surface area contributed by atoms with Crippen LogP contribution in [0.1, 0.15) is 22.5 Å². The summed E-state index contributed by atoms with van der Waals surface area (Å²) in [5.74, 6) is -1.23. The minimum absolute atomic E-state index is 0.372. The number of nitrogens with zero attached hydrogens (tertiary/aromatic N) is 1. The van der Waals surface area contributed by atoms with Crippen molar-refractivity contribution in [2.45, 2.75) is 18.6 Å². The van der Waals surface area contributed by atoms with Gasteiger partial charge in [0.05, 0.1) is 18.2 Å². The van der Waals surface area contributed by atoms with Gasteiger partial charge in [-0.3, -0.25) is 0 Å². The third-order valence-electron chi connectivity index (χ3n) is 3.45. The number of rotatable bonds is 2. The summed E-state index contributed by atoms with van der Waals surface area (Å²) in [6.07, 6.45) is 1.68. The summed E-state index contributed by atoms with van der Waals surface area (Å²) in [4.78, 5) is 13.4. The lowest BCUT2D eigenvalue weighted by atomic mass is 10.0. The van der Waals surface area contributed by atoms with Crippen LogP contribution in [0, 0.1) is 0 Å². The molecule has 3 rings (SSSR count). The molecular weight excluding hydrogens is 254 g/mol. The van der Waals surface area contributed by atoms with E-state index in [2.05, 4.69) is 4.90 Å². The normalized spacial score (nSPS) is 22.6. The third kappa shape index (κ3) is 2.11. The Hall–Kier alpha value is -1.11. The summed E-state index contributed by atoms with van der Waals surface area (Å²) >= 11 is 1.32. The Morgan fingerprint density at radius 3 is 2.50 bits per heavy atom. The first kappa shape index (κ1) is 12.0. The first-order chi connectivity index (χ1) is 8.69. The third-order valence-corrected chi connectivity index (χ3v) is 4.59. The monoisotopic (exact) mass is 269 g/mol. The highest BCUT2D eigenvalue weighted by molar-refractivity contribution is 7.17. The number of hydrogen-bond acceptors (Lipinski definition) is 5. The second kappa shape index (κ2) is 4.53. The van der Waals surface area contributed by atoms with Gasteiger partial charge in [-0.25, -0.2) is 4.79 Å². The molecule has 2 aliphatic heterocycles. The molecule has 2 fully saturated rings. The van der Waals surface area contributed by atoms with Crippen LogP contribution in [0.3, 0.4) is 0 Å². The summed E-state index contributed by atoms with van der Waals surface area (Å²) in [6, 6.07) is 3.54. The van der Waals surface area contributed by atoms with Crippen LogP contribution in [0.2, 0.25) is 0 Å². The lowest BCUT2D eigenvalue weighted by molar-refractivity contribution is -0.169. The number of ether oxygens (including phenoxy) is 2. The topological polar surface area (TPSA) is 59.0 Å². The Kier molecular flexibility index (Phi) is 3.01. The van der Waals surface area contributed by atoms with E-state index in [1.807, 2.05) is 6.07 Å². The van der Waals surface area contributed by atoms with Gasteiger partial charge in [0.25, 0.3) is 0 Å². The van der Waals surface area contributed by atoms with Gasteiger partial charge in [-0.15, -0.1) is 11.3 Å². The molecule has 2 saturated heterocycles. The molecule has 0 aliphatic carbocycles. The Labute approximate surface area is 109 Å². The van der Waals surface area contributed by atoms with Crippen molar-refractivity contribution in [2.24, 2.45) is 0 Å². The van der Waals surface area contributed by atoms with Crippen molar-refractivity contribution < 1.29 is 19.4 Å². The zero-order valence-corrected chi connectivity index (χ0v) is 10.7. The van der Waals surface area contributed by atoms with Crippen LogP contribution in [-0.2, 0) is 9.47 Å². The van der Waals surface area contributed by atoms with Gasteiger partial charge in [-0.05, 0) is 12.1 Å². The quantitative estimate of drug-likeness (QED) is 0.887. The molecule has 6 heteroatoms. The van der Waals surface area contributed by atoms with Crippen LogP contribution in [0.5, 0.6) is 0 Å². The minimum Gasteiger partial charge on any atom is -0.477 e. The maximum atomic E-state index is 10.9. The fraction of sp³-hybridized carbons (Fsp3) is 0.583. The van der Waals surface area contributed by atoms with E-state index in [1.54, 1.807) is 6.07 Å². The second-order valence-corrected chi connectivity index (χ2v) is 5.60. The molecule has 0 aromatic carbocycles. The van der Waals surface area contributed by atoms with Gasteiger partial charge < -0.3 is 19.5 Å². The molecule has 1 spiro atoms. The van der Waals surface area contributed by atoms with Gasteiger partial charge in [0.1, 0.15) is 4.88 Å². The van der Waals surface area contributed by atoms with Crippen molar-refractivity contribution >= 4 is 22.3 Å². The SMILES string of the molecule is O=C(O)c1ccc(N2CCC3(CC2)OCCO3)s1. The number of carboxylic acid groups (broad SMARTS) is 1. The van der Waals surface area contributed by atoms with Crippen LogP contribution >= 0.6 is 11.3 Å². The first-order valence-corrected chi connectivity index (χ1v) is 6.86. The average molecular weight is 269 g/mol. The highest BCUT2D eigenvalue weighted by atomic mass is 32.1. The van der Waals surface area contributed by atoms with Crippen LogP contribution in [0.4, 0.5) is 5.00 Å². The van der Waals surface area contributed by atoms with E-state index < -0.39 is 5.97 Å². The van der Waals surface area contributed by atoms with E-state index in [-0.39, 0.29) is 5.79 Å². The highest BCUT2D eigenvalue weighted by Crippen LogP contribution is 2.35. The lowest BCUT2D eigenvalue weighted by Gasteiger charge is -2.38. The van der Waals surface area contributed by atoms with Crippen molar-refractivity contribution in [1.82, 2.24) is 0 Å². The molecule has 0 radical (unpaired) electrons. The van der Waals surface area contributed by atoms with Crippen LogP contribution < -0.4 is 4.90 Å². The Morgan fingerprint density at radius 2 is 1.94 bits per heavy atom. The average Bonchev–Trinajstić information content (AvgIpc) is 3.00. The van der Waals surface area contributed by atoms with E-state index in [0.29, 0.717) is 18.1 Å². The number of carboxylic acids is 1. The standard InChI is InChI=1S/C12H15NO4S/c14-11(15)9-1-2-10(18-9)13-5-3-12(4-6-13)16-7-8-17-12/h1-2H,3-8H2,(H,14,15). The Balaban J connectivity index is 1.66. The van der Waals surface area contributed by atoms with Crippen molar-refractivity contribution in [2.75, 3.05) is 31.2 Å². The molecule has 98 valence electrons. The van der Waals surface area contributed by atoms with E-state index >= 15 is 0 Å². The molecule has 5 nitrogen and oxygen atoms in total. The summed E-state index contributed by atoms with van der Waals surface area (Å²) in [7, 11) is 0. The Bertz CT molecular complexity index is 443. The van der Waals surface area contributed by atoms with Gasteiger partial charge >= 0.3 is 5.97 Å². The maximum Gasteiger partial charge on any atom is 0.345 e. The fourth-order valence-electron chi connectivity index (χ4n) is 2.47. The van der Waals surface area contributed by atoms with E-state index in [1.165, 1.54) is 11.3 Å². The van der Waals surface area contributed by atoms with Crippen molar-refractivity contribution in [1.29, 1.82) is 0 Å². The van der Waals surface area contributed by atoms with E-state index in [0.717, 1.165) is 30.9 Å². The largest absolute Gasteiger partial charge is 0.477 e. The molecule has 0 saturated carbocycles. The lowest BCUT2D eigenvalue weighted by Crippen LogP contribution is -2.44. The molecule has 18 heavy (non-hydrogen) atoms. The molecule has 2 aliphatic rings. The predicted octanol–water partition coefficient (Wildman–Crippen LogP) is 1.79. The van der Waals surface area contributed by atoms with Crippen LogP contribution in [0.25, 0.3) is 0 Å². The molecular formula is C12H15NO4S. The molecule has 0 atom stereocenters. The van der Waals surface area contributed by atoms with Gasteiger partial charge in [0.15, 0.2) is 5.79 Å². The van der Waals surface area contributed by atoms with Crippen molar-refractivity contribution in [3.8, 4) is 0 Å². The minimum atomic E-state index is -0.859. The molecule has 3 heterocycles. The maximum absolute atomic E-state index is 10.9. The summed E-state index contributed by atoms with van der Waals surface area (Å²) in [5.41, 5.74) is 0. The molecule has 0 amide bonds. The van der Waals surface area contributed by atoms with Crippen LogP contribution in [0.15, 0.2) is 12.1 Å². The number of anilines is 1. The summed E-state index contributed by atoms with van der Waals surface area (Å²) in [5, 5.41) is 9.93. The van der Waals surface area contributed by atoms with E-state index in [9.17, 15) is 4.79 Å². The first-order valence-electron chi connectivity index (χ1n) is 6.05. The molecule has 1 aromatic heterocycles. The highest BCUT2D eigenvalue weighted by Gasteiger charge is 2.40.